The van der Waals surface area contributed by atoms with Gasteiger partial charge in [0.2, 0.25) is 5.91 Å². The van der Waals surface area contributed by atoms with Gasteiger partial charge in [-0.15, -0.1) is 0 Å². The first kappa shape index (κ1) is 14.2. The van der Waals surface area contributed by atoms with Crippen LogP contribution in [0.25, 0.3) is 0 Å². The quantitative estimate of drug-likeness (QED) is 0.548. The molecule has 3 nitrogen and oxygen atoms in total. The van der Waals surface area contributed by atoms with E-state index in [0.717, 1.165) is 39.0 Å². The fourth-order valence-corrected chi connectivity index (χ4v) is 1.96. The van der Waals surface area contributed by atoms with Crippen molar-refractivity contribution >= 4 is 5.91 Å². The van der Waals surface area contributed by atoms with E-state index in [1.54, 1.807) is 6.08 Å². The van der Waals surface area contributed by atoms with Crippen molar-refractivity contribution in [2.75, 3.05) is 19.8 Å². The zero-order chi connectivity index (χ0) is 12.3. The summed E-state index contributed by atoms with van der Waals surface area (Å²) in [6, 6.07) is 0. The summed E-state index contributed by atoms with van der Waals surface area (Å²) in [7, 11) is 0. The molecule has 0 aliphatic carbocycles. The Morgan fingerprint density at radius 2 is 2.12 bits per heavy atom. The predicted molar refractivity (Wildman–Crippen MR) is 69.8 cm³/mol. The van der Waals surface area contributed by atoms with E-state index >= 15 is 0 Å². The Morgan fingerprint density at radius 1 is 1.35 bits per heavy atom. The second-order valence-corrected chi connectivity index (χ2v) is 4.70. The average molecular weight is 239 g/mol. The molecule has 1 aliphatic rings. The molecule has 0 aromatic carbocycles. The van der Waals surface area contributed by atoms with Crippen molar-refractivity contribution in [3.8, 4) is 0 Å². The topological polar surface area (TPSA) is 38.3 Å². The second kappa shape index (κ2) is 9.23. The van der Waals surface area contributed by atoms with Crippen molar-refractivity contribution in [1.29, 1.82) is 0 Å². The van der Waals surface area contributed by atoms with E-state index in [1.165, 1.54) is 19.3 Å². The Morgan fingerprint density at radius 3 is 2.82 bits per heavy atom. The van der Waals surface area contributed by atoms with Crippen LogP contribution in [0, 0.1) is 5.92 Å². The highest BCUT2D eigenvalue weighted by molar-refractivity contribution is 5.87. The number of hydrogen-bond acceptors (Lipinski definition) is 2. The molecule has 0 bridgehead atoms. The molecule has 0 unspecified atom stereocenters. The lowest BCUT2D eigenvalue weighted by molar-refractivity contribution is -0.116. The standard InChI is InChI=1S/C14H25NO2/c1-2-3-4-5-6-7-14(16)15-12-13-8-10-17-11-9-13/h6-7,13H,2-5,8-12H2,1H3,(H,15,16)/b7-6+. The Bertz CT molecular complexity index is 232. The van der Waals surface area contributed by atoms with E-state index in [4.69, 9.17) is 4.74 Å². The molecule has 0 atom stereocenters. The van der Waals surface area contributed by atoms with Gasteiger partial charge in [0, 0.05) is 19.8 Å². The minimum absolute atomic E-state index is 0.0491. The van der Waals surface area contributed by atoms with E-state index in [1.807, 2.05) is 6.08 Å². The Kier molecular flexibility index (Phi) is 7.72. The van der Waals surface area contributed by atoms with E-state index in [2.05, 4.69) is 12.2 Å². The number of nitrogens with one attached hydrogen (secondary N) is 1. The fraction of sp³-hybridized carbons (Fsp3) is 0.786. The first-order valence-electron chi connectivity index (χ1n) is 6.85. The molecule has 0 saturated carbocycles. The summed E-state index contributed by atoms with van der Waals surface area (Å²) < 4.78 is 5.28. The number of ether oxygens (including phenoxy) is 1. The summed E-state index contributed by atoms with van der Waals surface area (Å²) in [5.74, 6) is 0.647. The minimum Gasteiger partial charge on any atom is -0.381 e. The van der Waals surface area contributed by atoms with Crippen LogP contribution < -0.4 is 5.32 Å². The first-order valence-corrected chi connectivity index (χ1v) is 6.85. The summed E-state index contributed by atoms with van der Waals surface area (Å²) >= 11 is 0. The molecule has 1 rings (SSSR count). The van der Waals surface area contributed by atoms with Gasteiger partial charge in [-0.25, -0.2) is 0 Å². The molecule has 0 aromatic heterocycles. The summed E-state index contributed by atoms with van der Waals surface area (Å²) in [4.78, 5) is 11.5. The van der Waals surface area contributed by atoms with Crippen LogP contribution in [0.4, 0.5) is 0 Å². The highest BCUT2D eigenvalue weighted by Crippen LogP contribution is 2.12. The van der Waals surface area contributed by atoms with Crippen molar-refractivity contribution < 1.29 is 9.53 Å². The minimum atomic E-state index is 0.0491. The van der Waals surface area contributed by atoms with Crippen LogP contribution in [-0.4, -0.2) is 25.7 Å². The van der Waals surface area contributed by atoms with Gasteiger partial charge in [-0.05, 0) is 37.7 Å². The van der Waals surface area contributed by atoms with Crippen LogP contribution in [0.15, 0.2) is 12.2 Å². The van der Waals surface area contributed by atoms with Gasteiger partial charge < -0.3 is 10.1 Å². The van der Waals surface area contributed by atoms with Crippen LogP contribution in [0.1, 0.15) is 45.4 Å². The third-order valence-electron chi connectivity index (χ3n) is 3.15. The fourth-order valence-electron chi connectivity index (χ4n) is 1.96. The van der Waals surface area contributed by atoms with Gasteiger partial charge in [0.1, 0.15) is 0 Å². The van der Waals surface area contributed by atoms with E-state index in [9.17, 15) is 4.79 Å². The van der Waals surface area contributed by atoms with Crippen LogP contribution >= 0.6 is 0 Å². The van der Waals surface area contributed by atoms with Crippen LogP contribution in [0.5, 0.6) is 0 Å². The number of hydrogen-bond donors (Lipinski definition) is 1. The van der Waals surface area contributed by atoms with Gasteiger partial charge >= 0.3 is 0 Å². The van der Waals surface area contributed by atoms with E-state index in [0.29, 0.717) is 5.92 Å². The van der Waals surface area contributed by atoms with Crippen molar-refractivity contribution in [3.63, 3.8) is 0 Å². The smallest absolute Gasteiger partial charge is 0.243 e. The molecule has 1 fully saturated rings. The van der Waals surface area contributed by atoms with Crippen molar-refractivity contribution in [2.45, 2.75) is 45.4 Å². The van der Waals surface area contributed by atoms with Gasteiger partial charge in [0.15, 0.2) is 0 Å². The molecule has 98 valence electrons. The van der Waals surface area contributed by atoms with Gasteiger partial charge in [0.25, 0.3) is 0 Å². The third-order valence-corrected chi connectivity index (χ3v) is 3.15. The molecule has 1 amide bonds. The van der Waals surface area contributed by atoms with Gasteiger partial charge in [-0.3, -0.25) is 4.79 Å². The number of unbranched alkanes of at least 4 members (excludes halogenated alkanes) is 3. The number of carbonyl (C=O) groups is 1. The molecule has 1 saturated heterocycles. The molecule has 1 N–H and O–H groups in total. The molecule has 3 heteroatoms. The maximum absolute atomic E-state index is 11.5. The van der Waals surface area contributed by atoms with Crippen molar-refractivity contribution in [1.82, 2.24) is 5.32 Å². The molecule has 0 aromatic rings. The van der Waals surface area contributed by atoms with Gasteiger partial charge in [-0.2, -0.15) is 0 Å². The van der Waals surface area contributed by atoms with Crippen LogP contribution in [0.2, 0.25) is 0 Å². The summed E-state index contributed by atoms with van der Waals surface area (Å²) in [5.41, 5.74) is 0. The lowest BCUT2D eigenvalue weighted by atomic mass is 10.0. The largest absolute Gasteiger partial charge is 0.381 e. The van der Waals surface area contributed by atoms with Crippen LogP contribution in [0.3, 0.4) is 0 Å². The van der Waals surface area contributed by atoms with Gasteiger partial charge in [0.05, 0.1) is 0 Å². The molecular weight excluding hydrogens is 214 g/mol. The zero-order valence-corrected chi connectivity index (χ0v) is 10.9. The van der Waals surface area contributed by atoms with E-state index in [-0.39, 0.29) is 5.91 Å². The molecule has 1 aliphatic heterocycles. The number of allylic oxidation sites excluding steroid dienone is 1. The van der Waals surface area contributed by atoms with E-state index < -0.39 is 0 Å². The molecular formula is C14H25NO2. The maximum Gasteiger partial charge on any atom is 0.243 e. The number of carbonyl (C=O) groups excluding carboxylic acids is 1. The molecule has 0 spiro atoms. The summed E-state index contributed by atoms with van der Waals surface area (Å²) in [5, 5.41) is 2.96. The summed E-state index contributed by atoms with van der Waals surface area (Å²) in [6.45, 7) is 4.66. The molecule has 17 heavy (non-hydrogen) atoms. The SMILES string of the molecule is CCCCC/C=C/C(=O)NCC1CCOCC1. The first-order chi connectivity index (χ1) is 8.33. The Balaban J connectivity index is 2.03. The van der Waals surface area contributed by atoms with Crippen molar-refractivity contribution in [2.24, 2.45) is 5.92 Å². The second-order valence-electron chi connectivity index (χ2n) is 4.70. The predicted octanol–water partition coefficient (Wildman–Crippen LogP) is 2.67. The zero-order valence-electron chi connectivity index (χ0n) is 10.9. The van der Waals surface area contributed by atoms with Crippen molar-refractivity contribution in [3.05, 3.63) is 12.2 Å². The number of rotatable bonds is 7. The van der Waals surface area contributed by atoms with Crippen LogP contribution in [-0.2, 0) is 9.53 Å². The average Bonchev–Trinajstić information content (AvgIpc) is 2.37. The van der Waals surface area contributed by atoms with Gasteiger partial charge in [-0.1, -0.05) is 25.8 Å². The monoisotopic (exact) mass is 239 g/mol. The normalized spacial score (nSPS) is 17.5. The lowest BCUT2D eigenvalue weighted by Crippen LogP contribution is -2.31. The maximum atomic E-state index is 11.5. The third kappa shape index (κ3) is 7.16. The summed E-state index contributed by atoms with van der Waals surface area (Å²) in [6.07, 6.45) is 10.5. The molecule has 1 heterocycles. The molecule has 0 radical (unpaired) electrons. The Hall–Kier alpha value is -0.830. The number of amides is 1. The highest BCUT2D eigenvalue weighted by Gasteiger charge is 2.13. The lowest BCUT2D eigenvalue weighted by Gasteiger charge is -2.21. The Labute approximate surface area is 105 Å². The highest BCUT2D eigenvalue weighted by atomic mass is 16.5.